The van der Waals surface area contributed by atoms with Crippen LogP contribution in [0.25, 0.3) is 0 Å². The lowest BCUT2D eigenvalue weighted by Gasteiger charge is -2.44. The maximum atomic E-state index is 12.9. The van der Waals surface area contributed by atoms with Gasteiger partial charge in [0.15, 0.2) is 0 Å². The molecule has 3 heterocycles. The molecule has 2 bridgehead atoms. The fourth-order valence-corrected chi connectivity index (χ4v) is 5.64. The van der Waals surface area contributed by atoms with Crippen LogP contribution in [0.15, 0.2) is 0 Å². The minimum absolute atomic E-state index is 0.484. The van der Waals surface area contributed by atoms with E-state index in [0.29, 0.717) is 30.0 Å². The van der Waals surface area contributed by atoms with Crippen molar-refractivity contribution in [2.24, 2.45) is 11.8 Å². The van der Waals surface area contributed by atoms with Crippen LogP contribution in [0, 0.1) is 11.8 Å². The van der Waals surface area contributed by atoms with E-state index in [-0.39, 0.29) is 0 Å². The van der Waals surface area contributed by atoms with Gasteiger partial charge < -0.3 is 10.2 Å². The van der Waals surface area contributed by atoms with Crippen molar-refractivity contribution in [1.82, 2.24) is 10.2 Å². The predicted octanol–water partition coefficient (Wildman–Crippen LogP) is 3.09. The van der Waals surface area contributed by atoms with E-state index < -0.39 is 0 Å². The standard InChI is InChI=1S/C18H30N2O/c21-18(12-13-10-15-7-8-16(11-13)19-15)20-9-3-5-14-4-1-2-6-17(14)20/h13-17,19H,1-12H2. The van der Waals surface area contributed by atoms with Crippen LogP contribution in [0.2, 0.25) is 0 Å². The molecule has 3 aliphatic heterocycles. The van der Waals surface area contributed by atoms with Crippen molar-refractivity contribution in [3.63, 3.8) is 0 Å². The van der Waals surface area contributed by atoms with Crippen LogP contribution in [0.4, 0.5) is 0 Å². The third-order valence-electron chi connectivity index (χ3n) is 6.60. The van der Waals surface area contributed by atoms with Crippen LogP contribution in [-0.2, 0) is 4.79 Å². The molecule has 4 fully saturated rings. The SMILES string of the molecule is O=C(CC1CC2CCC(C1)N2)N1CCCC2CCCCC21. The quantitative estimate of drug-likeness (QED) is 0.847. The predicted molar refractivity (Wildman–Crippen MR) is 84.0 cm³/mol. The number of nitrogens with one attached hydrogen (secondary N) is 1. The summed E-state index contributed by atoms with van der Waals surface area (Å²) < 4.78 is 0. The first-order chi connectivity index (χ1) is 10.3. The molecule has 4 atom stereocenters. The summed E-state index contributed by atoms with van der Waals surface area (Å²) in [7, 11) is 0. The minimum atomic E-state index is 0.484. The zero-order valence-electron chi connectivity index (χ0n) is 13.2. The molecule has 4 rings (SSSR count). The van der Waals surface area contributed by atoms with Gasteiger partial charge in [-0.15, -0.1) is 0 Å². The van der Waals surface area contributed by atoms with Crippen LogP contribution in [-0.4, -0.2) is 35.5 Å². The van der Waals surface area contributed by atoms with E-state index >= 15 is 0 Å². The average Bonchev–Trinajstić information content (AvgIpc) is 2.85. The topological polar surface area (TPSA) is 32.3 Å². The first kappa shape index (κ1) is 14.0. The van der Waals surface area contributed by atoms with E-state index in [1.165, 1.54) is 64.2 Å². The highest BCUT2D eigenvalue weighted by Gasteiger charge is 2.38. The third kappa shape index (κ3) is 2.86. The summed E-state index contributed by atoms with van der Waals surface area (Å²) in [6.45, 7) is 1.04. The Hall–Kier alpha value is -0.570. The number of fused-ring (bicyclic) bond motifs is 3. The molecule has 3 saturated heterocycles. The van der Waals surface area contributed by atoms with Gasteiger partial charge in [-0.2, -0.15) is 0 Å². The lowest BCUT2D eigenvalue weighted by atomic mass is 9.78. The van der Waals surface area contributed by atoms with Gasteiger partial charge in [-0.25, -0.2) is 0 Å². The molecular weight excluding hydrogens is 260 g/mol. The highest BCUT2D eigenvalue weighted by atomic mass is 16.2. The van der Waals surface area contributed by atoms with Gasteiger partial charge in [0.25, 0.3) is 0 Å². The molecule has 3 heteroatoms. The molecule has 1 aliphatic carbocycles. The number of piperidine rings is 2. The van der Waals surface area contributed by atoms with E-state index in [4.69, 9.17) is 0 Å². The summed E-state index contributed by atoms with van der Waals surface area (Å²) in [5.41, 5.74) is 0. The van der Waals surface area contributed by atoms with Crippen molar-refractivity contribution >= 4 is 5.91 Å². The van der Waals surface area contributed by atoms with Gasteiger partial charge >= 0.3 is 0 Å². The second-order valence-corrected chi connectivity index (χ2v) is 8.02. The monoisotopic (exact) mass is 290 g/mol. The Bertz CT molecular complexity index is 383. The number of hydrogen-bond donors (Lipinski definition) is 1. The summed E-state index contributed by atoms with van der Waals surface area (Å²) in [5, 5.41) is 3.69. The van der Waals surface area contributed by atoms with Gasteiger partial charge in [-0.1, -0.05) is 12.8 Å². The Balaban J connectivity index is 1.37. The molecule has 4 unspecified atom stereocenters. The first-order valence-corrected chi connectivity index (χ1v) is 9.35. The Morgan fingerprint density at radius 1 is 0.952 bits per heavy atom. The molecule has 1 amide bonds. The highest BCUT2D eigenvalue weighted by Crippen LogP contribution is 2.37. The second-order valence-electron chi connectivity index (χ2n) is 8.02. The van der Waals surface area contributed by atoms with Gasteiger partial charge in [0.2, 0.25) is 5.91 Å². The number of nitrogens with zero attached hydrogens (tertiary/aromatic N) is 1. The van der Waals surface area contributed by atoms with Crippen molar-refractivity contribution in [3.8, 4) is 0 Å². The molecule has 21 heavy (non-hydrogen) atoms. The highest BCUT2D eigenvalue weighted by molar-refractivity contribution is 5.77. The lowest BCUT2D eigenvalue weighted by molar-refractivity contribution is -0.138. The van der Waals surface area contributed by atoms with Crippen LogP contribution in [0.1, 0.15) is 70.6 Å². The second kappa shape index (κ2) is 5.91. The molecule has 0 aromatic carbocycles. The zero-order valence-corrected chi connectivity index (χ0v) is 13.2. The minimum Gasteiger partial charge on any atom is -0.339 e. The number of rotatable bonds is 2. The number of hydrogen-bond acceptors (Lipinski definition) is 2. The summed E-state index contributed by atoms with van der Waals surface area (Å²) in [6, 6.07) is 2.02. The van der Waals surface area contributed by atoms with E-state index in [1.807, 2.05) is 0 Å². The molecule has 0 aromatic heterocycles. The summed E-state index contributed by atoms with van der Waals surface area (Å²) in [4.78, 5) is 15.2. The van der Waals surface area contributed by atoms with Crippen molar-refractivity contribution in [2.75, 3.05) is 6.54 Å². The molecule has 0 spiro atoms. The van der Waals surface area contributed by atoms with E-state index in [9.17, 15) is 4.79 Å². The lowest BCUT2D eigenvalue weighted by Crippen LogP contribution is -2.50. The van der Waals surface area contributed by atoms with Crippen LogP contribution in [0.3, 0.4) is 0 Å². The Morgan fingerprint density at radius 2 is 1.67 bits per heavy atom. The number of amides is 1. The van der Waals surface area contributed by atoms with Gasteiger partial charge in [0.1, 0.15) is 0 Å². The molecule has 0 aromatic rings. The van der Waals surface area contributed by atoms with Crippen molar-refractivity contribution in [2.45, 2.75) is 88.8 Å². The number of likely N-dealkylation sites (tertiary alicyclic amines) is 1. The van der Waals surface area contributed by atoms with Crippen LogP contribution < -0.4 is 5.32 Å². The van der Waals surface area contributed by atoms with Crippen molar-refractivity contribution < 1.29 is 4.79 Å². The normalized spacial score (nSPS) is 42.7. The number of carbonyl (C=O) groups is 1. The Labute approximate surface area is 128 Å². The third-order valence-corrected chi connectivity index (χ3v) is 6.60. The fourth-order valence-electron chi connectivity index (χ4n) is 5.64. The largest absolute Gasteiger partial charge is 0.339 e. The average molecular weight is 290 g/mol. The molecule has 0 radical (unpaired) electrons. The maximum Gasteiger partial charge on any atom is 0.223 e. The Morgan fingerprint density at radius 3 is 2.48 bits per heavy atom. The van der Waals surface area contributed by atoms with E-state index in [0.717, 1.165) is 18.9 Å². The smallest absolute Gasteiger partial charge is 0.223 e. The van der Waals surface area contributed by atoms with Crippen molar-refractivity contribution in [1.29, 1.82) is 0 Å². The van der Waals surface area contributed by atoms with Gasteiger partial charge in [-0.05, 0) is 63.2 Å². The van der Waals surface area contributed by atoms with E-state index in [1.54, 1.807) is 0 Å². The van der Waals surface area contributed by atoms with E-state index in [2.05, 4.69) is 10.2 Å². The fraction of sp³-hybridized carbons (Fsp3) is 0.944. The maximum absolute atomic E-state index is 12.9. The zero-order chi connectivity index (χ0) is 14.2. The summed E-state index contributed by atoms with van der Waals surface area (Å²) >= 11 is 0. The van der Waals surface area contributed by atoms with Gasteiger partial charge in [0, 0.05) is 31.1 Å². The molecule has 1 N–H and O–H groups in total. The molecule has 3 nitrogen and oxygen atoms in total. The van der Waals surface area contributed by atoms with Crippen LogP contribution >= 0.6 is 0 Å². The Kier molecular flexibility index (Phi) is 3.95. The molecule has 4 aliphatic rings. The molecular formula is C18H30N2O. The van der Waals surface area contributed by atoms with Gasteiger partial charge in [-0.3, -0.25) is 4.79 Å². The summed E-state index contributed by atoms with van der Waals surface area (Å²) in [5.74, 6) is 1.96. The van der Waals surface area contributed by atoms with Gasteiger partial charge in [0.05, 0.1) is 0 Å². The molecule has 118 valence electrons. The number of carbonyl (C=O) groups excluding carboxylic acids is 1. The first-order valence-electron chi connectivity index (χ1n) is 9.35. The summed E-state index contributed by atoms with van der Waals surface area (Å²) in [6.07, 6.45) is 14.0. The molecule has 1 saturated carbocycles. The van der Waals surface area contributed by atoms with Crippen LogP contribution in [0.5, 0.6) is 0 Å². The van der Waals surface area contributed by atoms with Crippen molar-refractivity contribution in [3.05, 3.63) is 0 Å².